The second kappa shape index (κ2) is 7.17. The summed E-state index contributed by atoms with van der Waals surface area (Å²) in [4.78, 5) is 23.7. The van der Waals surface area contributed by atoms with Crippen molar-refractivity contribution in [2.45, 2.75) is 19.4 Å². The lowest BCUT2D eigenvalue weighted by Gasteiger charge is -2.11. The molecule has 0 spiro atoms. The maximum Gasteiger partial charge on any atom is 0.258 e. The lowest BCUT2D eigenvalue weighted by Crippen LogP contribution is -2.28. The van der Waals surface area contributed by atoms with Gasteiger partial charge < -0.3 is 14.8 Å². The second-order valence-electron chi connectivity index (χ2n) is 5.62. The lowest BCUT2D eigenvalue weighted by atomic mass is 10.1. The third kappa shape index (κ3) is 3.56. The fourth-order valence-corrected chi connectivity index (χ4v) is 2.73. The maximum atomic E-state index is 11.9. The Bertz CT molecular complexity index is 752. The van der Waals surface area contributed by atoms with Crippen molar-refractivity contribution in [1.82, 2.24) is 5.32 Å². The van der Waals surface area contributed by atoms with Gasteiger partial charge in [0.1, 0.15) is 11.5 Å². The number of amides is 1. The monoisotopic (exact) mass is 325 g/mol. The first-order valence-electron chi connectivity index (χ1n) is 7.85. The number of hydrogen-bond acceptors (Lipinski definition) is 4. The summed E-state index contributed by atoms with van der Waals surface area (Å²) < 4.78 is 10.7. The summed E-state index contributed by atoms with van der Waals surface area (Å²) in [5.74, 6) is 1.34. The number of fused-ring (bicyclic) bond motifs is 1. The van der Waals surface area contributed by atoms with Crippen LogP contribution >= 0.6 is 0 Å². The number of ether oxygens (including phenoxy) is 2. The molecule has 0 fully saturated rings. The summed E-state index contributed by atoms with van der Waals surface area (Å²) in [7, 11) is 1.61. The van der Waals surface area contributed by atoms with Crippen LogP contribution in [0.3, 0.4) is 0 Å². The molecular formula is C19H19NO4. The van der Waals surface area contributed by atoms with Crippen LogP contribution in [0.25, 0.3) is 0 Å². The van der Waals surface area contributed by atoms with E-state index in [2.05, 4.69) is 5.32 Å². The van der Waals surface area contributed by atoms with Crippen LogP contribution in [0.2, 0.25) is 0 Å². The Kier molecular flexibility index (Phi) is 4.79. The van der Waals surface area contributed by atoms with E-state index in [4.69, 9.17) is 9.47 Å². The molecule has 1 aliphatic rings. The van der Waals surface area contributed by atoms with Crippen molar-refractivity contribution in [3.05, 3.63) is 59.2 Å². The molecule has 2 aromatic carbocycles. The average Bonchev–Trinajstić information content (AvgIpc) is 3.00. The minimum atomic E-state index is -0.201. The van der Waals surface area contributed by atoms with E-state index in [1.165, 1.54) is 0 Å². The quantitative estimate of drug-likeness (QED) is 0.886. The summed E-state index contributed by atoms with van der Waals surface area (Å²) in [6.07, 6.45) is 1.19. The number of carbonyl (C=O) groups is 2. The topological polar surface area (TPSA) is 64.6 Å². The Balaban J connectivity index is 1.52. The highest BCUT2D eigenvalue weighted by Gasteiger charge is 2.22. The molecule has 0 aliphatic heterocycles. The van der Waals surface area contributed by atoms with Gasteiger partial charge in [0.2, 0.25) is 0 Å². The van der Waals surface area contributed by atoms with Crippen molar-refractivity contribution in [2.24, 2.45) is 0 Å². The highest BCUT2D eigenvalue weighted by molar-refractivity contribution is 6.01. The van der Waals surface area contributed by atoms with Crippen molar-refractivity contribution >= 4 is 11.7 Å². The molecule has 24 heavy (non-hydrogen) atoms. The summed E-state index contributed by atoms with van der Waals surface area (Å²) in [6, 6.07) is 12.9. The predicted octanol–water partition coefficient (Wildman–Crippen LogP) is 2.52. The van der Waals surface area contributed by atoms with Gasteiger partial charge in [0, 0.05) is 24.1 Å². The Morgan fingerprint density at radius 3 is 2.67 bits per heavy atom. The van der Waals surface area contributed by atoms with Crippen molar-refractivity contribution in [3.8, 4) is 11.5 Å². The van der Waals surface area contributed by atoms with Gasteiger partial charge in [0.15, 0.2) is 12.4 Å². The van der Waals surface area contributed by atoms with Gasteiger partial charge in [-0.05, 0) is 30.2 Å². The van der Waals surface area contributed by atoms with Gasteiger partial charge in [-0.25, -0.2) is 0 Å². The van der Waals surface area contributed by atoms with Gasteiger partial charge in [-0.1, -0.05) is 24.3 Å². The van der Waals surface area contributed by atoms with E-state index in [1.807, 2.05) is 24.3 Å². The SMILES string of the molecule is COc1ccc(CNC(=O)COc2cccc3c2CCC3=O)cc1. The molecule has 5 heteroatoms. The third-order valence-electron chi connectivity index (χ3n) is 4.04. The highest BCUT2D eigenvalue weighted by atomic mass is 16.5. The molecular weight excluding hydrogens is 306 g/mol. The fraction of sp³-hybridized carbons (Fsp3) is 0.263. The summed E-state index contributed by atoms with van der Waals surface area (Å²) in [5.41, 5.74) is 2.60. The molecule has 0 bridgehead atoms. The van der Waals surface area contributed by atoms with Crippen LogP contribution in [0.15, 0.2) is 42.5 Å². The van der Waals surface area contributed by atoms with E-state index < -0.39 is 0 Å². The number of ketones is 1. The van der Waals surface area contributed by atoms with Crippen molar-refractivity contribution in [2.75, 3.05) is 13.7 Å². The second-order valence-corrected chi connectivity index (χ2v) is 5.62. The normalized spacial score (nSPS) is 12.6. The fourth-order valence-electron chi connectivity index (χ4n) is 2.73. The molecule has 0 radical (unpaired) electrons. The van der Waals surface area contributed by atoms with Crippen LogP contribution in [0.4, 0.5) is 0 Å². The molecule has 0 saturated carbocycles. The number of carbonyl (C=O) groups excluding carboxylic acids is 2. The average molecular weight is 325 g/mol. The van der Waals surface area contributed by atoms with E-state index in [-0.39, 0.29) is 18.3 Å². The molecule has 1 aliphatic carbocycles. The van der Waals surface area contributed by atoms with Crippen molar-refractivity contribution < 1.29 is 19.1 Å². The predicted molar refractivity (Wildman–Crippen MR) is 89.4 cm³/mol. The number of rotatable bonds is 6. The van der Waals surface area contributed by atoms with Gasteiger partial charge in [0.05, 0.1) is 7.11 Å². The minimum Gasteiger partial charge on any atom is -0.497 e. The minimum absolute atomic E-state index is 0.0687. The zero-order chi connectivity index (χ0) is 16.9. The van der Waals surface area contributed by atoms with Crippen molar-refractivity contribution in [1.29, 1.82) is 0 Å². The lowest BCUT2D eigenvalue weighted by molar-refractivity contribution is -0.123. The van der Waals surface area contributed by atoms with Crippen molar-refractivity contribution in [3.63, 3.8) is 0 Å². The Morgan fingerprint density at radius 1 is 1.12 bits per heavy atom. The van der Waals surface area contributed by atoms with Crippen LogP contribution in [0.1, 0.15) is 27.9 Å². The van der Waals surface area contributed by atoms with Gasteiger partial charge in [-0.15, -0.1) is 0 Å². The van der Waals surface area contributed by atoms with E-state index >= 15 is 0 Å². The number of Topliss-reactive ketones (excluding diaryl/α,β-unsaturated/α-hetero) is 1. The van der Waals surface area contributed by atoms with Crippen LogP contribution in [0.5, 0.6) is 11.5 Å². The molecule has 5 nitrogen and oxygen atoms in total. The number of nitrogens with one attached hydrogen (secondary N) is 1. The molecule has 0 aromatic heterocycles. The largest absolute Gasteiger partial charge is 0.497 e. The number of benzene rings is 2. The van der Waals surface area contributed by atoms with Gasteiger partial charge in [0.25, 0.3) is 5.91 Å². The zero-order valence-electron chi connectivity index (χ0n) is 13.5. The van der Waals surface area contributed by atoms with Crippen LogP contribution in [-0.2, 0) is 17.8 Å². The maximum absolute atomic E-state index is 11.9. The first-order valence-corrected chi connectivity index (χ1v) is 7.85. The smallest absolute Gasteiger partial charge is 0.258 e. The first-order chi connectivity index (χ1) is 11.7. The third-order valence-corrected chi connectivity index (χ3v) is 4.04. The number of hydrogen-bond donors (Lipinski definition) is 1. The van der Waals surface area contributed by atoms with Gasteiger partial charge >= 0.3 is 0 Å². The molecule has 3 rings (SSSR count). The van der Waals surface area contributed by atoms with Crippen LogP contribution in [-0.4, -0.2) is 25.4 Å². The molecule has 1 amide bonds. The van der Waals surface area contributed by atoms with E-state index in [0.29, 0.717) is 30.7 Å². The van der Waals surface area contributed by atoms with E-state index in [1.54, 1.807) is 25.3 Å². The van der Waals surface area contributed by atoms with E-state index in [9.17, 15) is 9.59 Å². The van der Waals surface area contributed by atoms with E-state index in [0.717, 1.165) is 16.9 Å². The molecule has 124 valence electrons. The first kappa shape index (κ1) is 16.1. The highest BCUT2D eigenvalue weighted by Crippen LogP contribution is 2.30. The molecule has 0 saturated heterocycles. The van der Waals surface area contributed by atoms with Crippen LogP contribution in [0, 0.1) is 0 Å². The van der Waals surface area contributed by atoms with Gasteiger partial charge in [-0.2, -0.15) is 0 Å². The Hall–Kier alpha value is -2.82. The standard InChI is InChI=1S/C19H19NO4/c1-23-14-7-5-13(6-8-14)11-20-19(22)12-24-18-4-2-3-15-16(18)9-10-17(15)21/h2-8H,9-12H2,1H3,(H,20,22). The molecule has 1 N–H and O–H groups in total. The molecule has 0 unspecified atom stereocenters. The summed E-state index contributed by atoms with van der Waals surface area (Å²) >= 11 is 0. The Labute approximate surface area is 140 Å². The molecule has 0 atom stereocenters. The number of methoxy groups -OCH3 is 1. The molecule has 2 aromatic rings. The Morgan fingerprint density at radius 2 is 1.92 bits per heavy atom. The summed E-state index contributed by atoms with van der Waals surface area (Å²) in [6.45, 7) is 0.359. The molecule has 0 heterocycles. The van der Waals surface area contributed by atoms with Gasteiger partial charge in [-0.3, -0.25) is 9.59 Å². The zero-order valence-corrected chi connectivity index (χ0v) is 13.5. The van der Waals surface area contributed by atoms with Crippen LogP contribution < -0.4 is 14.8 Å². The summed E-state index contributed by atoms with van der Waals surface area (Å²) in [5, 5.41) is 2.81.